The molecule has 1 aromatic heterocycles. The molecular formula is C16H17ClNO-. The molecule has 1 heterocycles. The molecule has 3 rings (SSSR count). The van der Waals surface area contributed by atoms with Crippen LogP contribution in [0.3, 0.4) is 0 Å². The number of aryl methyl sites for hydroxylation is 1. The Morgan fingerprint density at radius 1 is 1.16 bits per heavy atom. The van der Waals surface area contributed by atoms with E-state index in [1.165, 1.54) is 0 Å². The second-order valence-electron chi connectivity index (χ2n) is 6.02. The van der Waals surface area contributed by atoms with E-state index in [0.717, 1.165) is 34.1 Å². The monoisotopic (exact) mass is 274 g/mol. The van der Waals surface area contributed by atoms with Crippen molar-refractivity contribution in [1.29, 1.82) is 0 Å². The highest BCUT2D eigenvalue weighted by Crippen LogP contribution is 2.36. The number of ketones is 1. The SMILES string of the molecule is Cc1c2c(nc3ccccc13)CC(C)(C)CC2=O.[Cl-]. The van der Waals surface area contributed by atoms with Gasteiger partial charge in [-0.25, -0.2) is 0 Å². The van der Waals surface area contributed by atoms with Crippen LogP contribution in [0.5, 0.6) is 0 Å². The molecule has 100 valence electrons. The van der Waals surface area contributed by atoms with E-state index in [0.29, 0.717) is 6.42 Å². The second-order valence-corrected chi connectivity index (χ2v) is 6.02. The summed E-state index contributed by atoms with van der Waals surface area (Å²) in [5.74, 6) is 0.247. The second kappa shape index (κ2) is 4.61. The van der Waals surface area contributed by atoms with Gasteiger partial charge in [0.05, 0.1) is 11.2 Å². The molecule has 0 amide bonds. The zero-order valence-electron chi connectivity index (χ0n) is 11.5. The van der Waals surface area contributed by atoms with Gasteiger partial charge in [0.25, 0.3) is 0 Å². The van der Waals surface area contributed by atoms with Crippen LogP contribution in [0.15, 0.2) is 24.3 Å². The number of fused-ring (bicyclic) bond motifs is 2. The van der Waals surface area contributed by atoms with E-state index in [9.17, 15) is 4.79 Å². The Morgan fingerprint density at radius 2 is 1.84 bits per heavy atom. The summed E-state index contributed by atoms with van der Waals surface area (Å²) in [5.41, 5.74) is 3.97. The number of pyridine rings is 1. The van der Waals surface area contributed by atoms with Gasteiger partial charge in [-0.3, -0.25) is 9.78 Å². The van der Waals surface area contributed by atoms with E-state index in [4.69, 9.17) is 4.98 Å². The lowest BCUT2D eigenvalue weighted by Gasteiger charge is -2.30. The van der Waals surface area contributed by atoms with Gasteiger partial charge in [-0.2, -0.15) is 0 Å². The van der Waals surface area contributed by atoms with Gasteiger partial charge in [0.15, 0.2) is 5.78 Å². The molecule has 0 radical (unpaired) electrons. The number of halogens is 1. The van der Waals surface area contributed by atoms with Crippen LogP contribution in [0.1, 0.15) is 41.9 Å². The van der Waals surface area contributed by atoms with Crippen LogP contribution in [0.2, 0.25) is 0 Å². The quantitative estimate of drug-likeness (QED) is 0.708. The summed E-state index contributed by atoms with van der Waals surface area (Å²) in [6.07, 6.45) is 1.51. The number of Topliss-reactive ketones (excluding diaryl/α,β-unsaturated/α-hetero) is 1. The maximum Gasteiger partial charge on any atom is 0.165 e. The third-order valence-electron chi connectivity index (χ3n) is 3.79. The van der Waals surface area contributed by atoms with Crippen LogP contribution in [0.25, 0.3) is 10.9 Å². The van der Waals surface area contributed by atoms with Gasteiger partial charge in [-0.1, -0.05) is 32.0 Å². The fourth-order valence-corrected chi connectivity index (χ4v) is 2.98. The van der Waals surface area contributed by atoms with Gasteiger partial charge >= 0.3 is 0 Å². The minimum Gasteiger partial charge on any atom is -1.00 e. The van der Waals surface area contributed by atoms with Gasteiger partial charge < -0.3 is 12.4 Å². The van der Waals surface area contributed by atoms with Gasteiger partial charge in [0.2, 0.25) is 0 Å². The van der Waals surface area contributed by atoms with Crippen molar-refractivity contribution in [3.8, 4) is 0 Å². The van der Waals surface area contributed by atoms with Crippen molar-refractivity contribution >= 4 is 16.7 Å². The standard InChI is InChI=1S/C16H17NO.ClH/c1-10-11-6-4-5-7-12(11)17-13-8-16(2,3)9-14(18)15(10)13;/h4-7H,8-9H2,1-3H3;1H/p-1. The van der Waals surface area contributed by atoms with Crippen LogP contribution < -0.4 is 12.4 Å². The Balaban J connectivity index is 0.00000133. The van der Waals surface area contributed by atoms with Gasteiger partial charge in [-0.05, 0) is 30.4 Å². The molecule has 0 saturated heterocycles. The minimum atomic E-state index is 0. The molecule has 0 bridgehead atoms. The predicted molar refractivity (Wildman–Crippen MR) is 72.9 cm³/mol. The molecule has 0 spiro atoms. The van der Waals surface area contributed by atoms with Crippen molar-refractivity contribution in [3.05, 3.63) is 41.1 Å². The van der Waals surface area contributed by atoms with E-state index in [-0.39, 0.29) is 23.6 Å². The van der Waals surface area contributed by atoms with Gasteiger partial charge in [0, 0.05) is 17.4 Å². The number of benzene rings is 1. The molecule has 2 nitrogen and oxygen atoms in total. The Bertz CT molecular complexity index is 661. The third kappa shape index (κ3) is 2.25. The molecule has 19 heavy (non-hydrogen) atoms. The summed E-state index contributed by atoms with van der Waals surface area (Å²) in [5, 5.41) is 1.10. The van der Waals surface area contributed by atoms with E-state index in [1.807, 2.05) is 31.2 Å². The van der Waals surface area contributed by atoms with Crippen molar-refractivity contribution in [2.75, 3.05) is 0 Å². The highest BCUT2D eigenvalue weighted by molar-refractivity contribution is 6.03. The molecule has 1 aliphatic carbocycles. The van der Waals surface area contributed by atoms with Crippen molar-refractivity contribution in [3.63, 3.8) is 0 Å². The minimum absolute atomic E-state index is 0. The molecule has 0 N–H and O–H groups in total. The van der Waals surface area contributed by atoms with Gasteiger partial charge in [-0.15, -0.1) is 0 Å². The average molecular weight is 275 g/mol. The van der Waals surface area contributed by atoms with Gasteiger partial charge in [0.1, 0.15) is 0 Å². The van der Waals surface area contributed by atoms with Crippen LogP contribution in [0, 0.1) is 12.3 Å². The number of para-hydroxylation sites is 1. The average Bonchev–Trinajstić information content (AvgIpc) is 2.26. The molecule has 1 aliphatic rings. The first-order valence-corrected chi connectivity index (χ1v) is 6.39. The number of hydrogen-bond acceptors (Lipinski definition) is 2. The fraction of sp³-hybridized carbons (Fsp3) is 0.375. The molecule has 0 saturated carbocycles. The Labute approximate surface area is 119 Å². The first-order chi connectivity index (χ1) is 8.48. The molecule has 0 aliphatic heterocycles. The summed E-state index contributed by atoms with van der Waals surface area (Å²) in [6, 6.07) is 8.07. The summed E-state index contributed by atoms with van der Waals surface area (Å²) >= 11 is 0. The molecular weight excluding hydrogens is 258 g/mol. The normalized spacial score (nSPS) is 16.9. The summed E-state index contributed by atoms with van der Waals surface area (Å²) in [4.78, 5) is 17.0. The van der Waals surface area contributed by atoms with E-state index < -0.39 is 0 Å². The zero-order chi connectivity index (χ0) is 12.9. The number of carbonyl (C=O) groups excluding carboxylic acids is 1. The first-order valence-electron chi connectivity index (χ1n) is 6.39. The topological polar surface area (TPSA) is 30.0 Å². The van der Waals surface area contributed by atoms with E-state index >= 15 is 0 Å². The smallest absolute Gasteiger partial charge is 0.165 e. The van der Waals surface area contributed by atoms with Crippen LogP contribution >= 0.6 is 0 Å². The molecule has 1 aromatic carbocycles. The molecule has 3 heteroatoms. The fourth-order valence-electron chi connectivity index (χ4n) is 2.98. The zero-order valence-corrected chi connectivity index (χ0v) is 12.2. The molecule has 0 unspecified atom stereocenters. The summed E-state index contributed by atoms with van der Waals surface area (Å²) in [7, 11) is 0. The van der Waals surface area contributed by atoms with Crippen LogP contribution in [0.4, 0.5) is 0 Å². The number of nitrogens with zero attached hydrogens (tertiary/aromatic N) is 1. The number of hydrogen-bond donors (Lipinski definition) is 0. The highest BCUT2D eigenvalue weighted by Gasteiger charge is 2.33. The van der Waals surface area contributed by atoms with Crippen LogP contribution in [-0.4, -0.2) is 10.8 Å². The molecule has 0 fully saturated rings. The summed E-state index contributed by atoms with van der Waals surface area (Å²) < 4.78 is 0. The number of rotatable bonds is 0. The maximum atomic E-state index is 12.3. The maximum absolute atomic E-state index is 12.3. The Kier molecular flexibility index (Phi) is 3.40. The van der Waals surface area contributed by atoms with Crippen LogP contribution in [-0.2, 0) is 6.42 Å². The number of carbonyl (C=O) groups is 1. The largest absolute Gasteiger partial charge is 1.00 e. The van der Waals surface area contributed by atoms with E-state index in [2.05, 4.69) is 13.8 Å². The van der Waals surface area contributed by atoms with E-state index in [1.54, 1.807) is 0 Å². The van der Waals surface area contributed by atoms with Crippen molar-refractivity contribution in [2.24, 2.45) is 5.41 Å². The summed E-state index contributed by atoms with van der Waals surface area (Å²) in [6.45, 7) is 6.32. The molecule has 2 aromatic rings. The van der Waals surface area contributed by atoms with Crippen molar-refractivity contribution in [2.45, 2.75) is 33.6 Å². The Hall–Kier alpha value is -1.41. The lowest BCUT2D eigenvalue weighted by Crippen LogP contribution is -3.00. The third-order valence-corrected chi connectivity index (χ3v) is 3.79. The Morgan fingerprint density at radius 3 is 2.58 bits per heavy atom. The number of aromatic nitrogens is 1. The molecule has 0 atom stereocenters. The van der Waals surface area contributed by atoms with Crippen molar-refractivity contribution in [1.82, 2.24) is 4.98 Å². The van der Waals surface area contributed by atoms with Crippen molar-refractivity contribution < 1.29 is 17.2 Å². The predicted octanol–water partition coefficient (Wildman–Crippen LogP) is 0.702. The lowest BCUT2D eigenvalue weighted by molar-refractivity contribution is -0.0000144. The lowest BCUT2D eigenvalue weighted by atomic mass is 9.74. The highest BCUT2D eigenvalue weighted by atomic mass is 35.5. The first kappa shape index (κ1) is 14.0.